The topological polar surface area (TPSA) is 45.5 Å². The molecule has 5 heteroatoms. The van der Waals surface area contributed by atoms with Crippen LogP contribution in [-0.2, 0) is 0 Å². The minimum Gasteiger partial charge on any atom is -0.452 e. The van der Waals surface area contributed by atoms with Gasteiger partial charge in [-0.05, 0) is 50.6 Å². The van der Waals surface area contributed by atoms with Crippen LogP contribution in [-0.4, -0.2) is 37.0 Å². The molecule has 0 aliphatic carbocycles. The average Bonchev–Trinajstić information content (AvgIpc) is 2.68. The van der Waals surface area contributed by atoms with Gasteiger partial charge in [-0.3, -0.25) is 4.79 Å². The Morgan fingerprint density at radius 1 is 1.56 bits per heavy atom. The molecule has 0 bridgehead atoms. The Morgan fingerprint density at radius 2 is 2.25 bits per heavy atom. The van der Waals surface area contributed by atoms with E-state index in [0.29, 0.717) is 5.56 Å². The van der Waals surface area contributed by atoms with Gasteiger partial charge in [0.1, 0.15) is 0 Å². The van der Waals surface area contributed by atoms with Crippen molar-refractivity contribution < 1.29 is 9.21 Å². The van der Waals surface area contributed by atoms with E-state index in [2.05, 4.69) is 17.3 Å². The number of halogens is 1. The fourth-order valence-corrected chi connectivity index (χ4v) is 2.07. The third-order valence-corrected chi connectivity index (χ3v) is 3.21. The first-order valence-corrected chi connectivity index (χ1v) is 5.77. The van der Waals surface area contributed by atoms with Gasteiger partial charge in [-0.15, -0.1) is 0 Å². The second-order valence-electron chi connectivity index (χ2n) is 4.16. The Morgan fingerprint density at radius 3 is 2.81 bits per heavy atom. The van der Waals surface area contributed by atoms with E-state index in [1.54, 1.807) is 6.07 Å². The summed E-state index contributed by atoms with van der Waals surface area (Å²) in [6.07, 6.45) is 3.39. The van der Waals surface area contributed by atoms with Gasteiger partial charge in [-0.2, -0.15) is 0 Å². The summed E-state index contributed by atoms with van der Waals surface area (Å²) in [6, 6.07) is 1.83. The lowest BCUT2D eigenvalue weighted by atomic mass is 10.1. The van der Waals surface area contributed by atoms with Gasteiger partial charge >= 0.3 is 0 Å². The number of likely N-dealkylation sites (tertiary alicyclic amines) is 1. The molecule has 0 radical (unpaired) electrons. The standard InChI is InChI=1S/C11H15ClN2O2/c1-14-5-2-8(3-6-14)13-11(15)9-4-7-16-10(9)12/h4,7-8H,2-3,5-6H2,1H3,(H,13,15). The zero-order valence-electron chi connectivity index (χ0n) is 9.20. The summed E-state index contributed by atoms with van der Waals surface area (Å²) in [4.78, 5) is 14.1. The molecule has 1 aliphatic rings. The Balaban J connectivity index is 1.91. The van der Waals surface area contributed by atoms with Gasteiger partial charge in [0.2, 0.25) is 5.22 Å². The normalized spacial score (nSPS) is 18.6. The molecule has 16 heavy (non-hydrogen) atoms. The van der Waals surface area contributed by atoms with E-state index >= 15 is 0 Å². The SMILES string of the molecule is CN1CCC(NC(=O)c2ccoc2Cl)CC1. The molecule has 1 aliphatic heterocycles. The predicted octanol–water partition coefficient (Wildman–Crippen LogP) is 1.76. The lowest BCUT2D eigenvalue weighted by Crippen LogP contribution is -2.43. The highest BCUT2D eigenvalue weighted by molar-refractivity contribution is 6.32. The molecule has 1 fully saturated rings. The minimum absolute atomic E-state index is 0.145. The van der Waals surface area contributed by atoms with Crippen LogP contribution in [0.4, 0.5) is 0 Å². The van der Waals surface area contributed by atoms with Crippen molar-refractivity contribution in [3.63, 3.8) is 0 Å². The van der Waals surface area contributed by atoms with Crippen molar-refractivity contribution in [2.24, 2.45) is 0 Å². The Kier molecular flexibility index (Phi) is 3.51. The highest BCUT2D eigenvalue weighted by Gasteiger charge is 2.20. The van der Waals surface area contributed by atoms with Gasteiger partial charge in [0.15, 0.2) is 0 Å². The minimum atomic E-state index is -0.145. The number of hydrogen-bond donors (Lipinski definition) is 1. The van der Waals surface area contributed by atoms with Crippen molar-refractivity contribution in [1.29, 1.82) is 0 Å². The van der Waals surface area contributed by atoms with Crippen LogP contribution in [0, 0.1) is 0 Å². The first kappa shape index (κ1) is 11.5. The van der Waals surface area contributed by atoms with E-state index in [0.717, 1.165) is 25.9 Å². The fourth-order valence-electron chi connectivity index (χ4n) is 1.87. The van der Waals surface area contributed by atoms with Crippen molar-refractivity contribution in [1.82, 2.24) is 10.2 Å². The zero-order chi connectivity index (χ0) is 11.5. The van der Waals surface area contributed by atoms with E-state index in [9.17, 15) is 4.79 Å². The highest BCUT2D eigenvalue weighted by Crippen LogP contribution is 2.17. The quantitative estimate of drug-likeness (QED) is 0.860. The molecule has 1 aromatic heterocycles. The molecule has 1 saturated heterocycles. The van der Waals surface area contributed by atoms with E-state index in [-0.39, 0.29) is 17.2 Å². The maximum Gasteiger partial charge on any atom is 0.256 e. The van der Waals surface area contributed by atoms with Gasteiger partial charge < -0.3 is 14.6 Å². The summed E-state index contributed by atoms with van der Waals surface area (Å²) in [7, 11) is 2.09. The van der Waals surface area contributed by atoms with E-state index in [1.807, 2.05) is 0 Å². The molecule has 88 valence electrons. The van der Waals surface area contributed by atoms with Gasteiger partial charge in [0.25, 0.3) is 5.91 Å². The summed E-state index contributed by atoms with van der Waals surface area (Å²) in [5.74, 6) is -0.145. The Labute approximate surface area is 99.5 Å². The van der Waals surface area contributed by atoms with Gasteiger partial charge in [0.05, 0.1) is 11.8 Å². The number of piperidine rings is 1. The third-order valence-electron chi connectivity index (χ3n) is 2.92. The van der Waals surface area contributed by atoms with Gasteiger partial charge in [-0.25, -0.2) is 0 Å². The van der Waals surface area contributed by atoms with Crippen LogP contribution in [0.25, 0.3) is 0 Å². The summed E-state index contributed by atoms with van der Waals surface area (Å²) in [6.45, 7) is 2.04. The largest absolute Gasteiger partial charge is 0.452 e. The van der Waals surface area contributed by atoms with Crippen molar-refractivity contribution in [3.8, 4) is 0 Å². The van der Waals surface area contributed by atoms with Crippen LogP contribution < -0.4 is 5.32 Å². The number of carbonyl (C=O) groups is 1. The summed E-state index contributed by atoms with van der Waals surface area (Å²) >= 11 is 5.74. The summed E-state index contributed by atoms with van der Waals surface area (Å²) in [5.41, 5.74) is 0.417. The first-order valence-electron chi connectivity index (χ1n) is 5.39. The maximum absolute atomic E-state index is 11.8. The zero-order valence-corrected chi connectivity index (χ0v) is 9.96. The lowest BCUT2D eigenvalue weighted by Gasteiger charge is -2.29. The second-order valence-corrected chi connectivity index (χ2v) is 4.50. The smallest absolute Gasteiger partial charge is 0.256 e. The third kappa shape index (κ3) is 2.57. The van der Waals surface area contributed by atoms with Crippen LogP contribution in [0.2, 0.25) is 5.22 Å². The predicted molar refractivity (Wildman–Crippen MR) is 61.7 cm³/mol. The molecule has 4 nitrogen and oxygen atoms in total. The van der Waals surface area contributed by atoms with Crippen molar-refractivity contribution in [2.45, 2.75) is 18.9 Å². The maximum atomic E-state index is 11.8. The lowest BCUT2D eigenvalue weighted by molar-refractivity contribution is 0.0916. The molecule has 1 amide bonds. The van der Waals surface area contributed by atoms with Crippen molar-refractivity contribution >= 4 is 17.5 Å². The van der Waals surface area contributed by atoms with Crippen LogP contribution in [0.3, 0.4) is 0 Å². The monoisotopic (exact) mass is 242 g/mol. The molecule has 0 spiro atoms. The van der Waals surface area contributed by atoms with Crippen molar-refractivity contribution in [2.75, 3.05) is 20.1 Å². The number of rotatable bonds is 2. The molecule has 1 N–H and O–H groups in total. The molecular weight excluding hydrogens is 228 g/mol. The first-order chi connectivity index (χ1) is 7.66. The fraction of sp³-hybridized carbons (Fsp3) is 0.545. The number of carbonyl (C=O) groups excluding carboxylic acids is 1. The number of hydrogen-bond acceptors (Lipinski definition) is 3. The molecule has 0 saturated carbocycles. The molecule has 0 unspecified atom stereocenters. The molecular formula is C11H15ClN2O2. The number of amides is 1. The number of nitrogens with zero attached hydrogens (tertiary/aromatic N) is 1. The molecule has 0 aromatic carbocycles. The van der Waals surface area contributed by atoms with Crippen LogP contribution in [0.1, 0.15) is 23.2 Å². The van der Waals surface area contributed by atoms with Crippen LogP contribution >= 0.6 is 11.6 Å². The Bertz CT molecular complexity index is 370. The van der Waals surface area contributed by atoms with Crippen LogP contribution in [0.5, 0.6) is 0 Å². The van der Waals surface area contributed by atoms with E-state index in [4.69, 9.17) is 16.0 Å². The van der Waals surface area contributed by atoms with E-state index < -0.39 is 0 Å². The molecule has 2 heterocycles. The van der Waals surface area contributed by atoms with Crippen LogP contribution in [0.15, 0.2) is 16.7 Å². The number of nitrogens with one attached hydrogen (secondary N) is 1. The summed E-state index contributed by atoms with van der Waals surface area (Å²) in [5, 5.41) is 3.13. The van der Waals surface area contributed by atoms with Gasteiger partial charge in [-0.1, -0.05) is 0 Å². The number of furan rings is 1. The van der Waals surface area contributed by atoms with Crippen molar-refractivity contribution in [3.05, 3.63) is 23.1 Å². The second kappa shape index (κ2) is 4.89. The molecule has 2 rings (SSSR count). The Hall–Kier alpha value is -1.00. The average molecular weight is 243 g/mol. The molecule has 1 aromatic rings. The summed E-state index contributed by atoms with van der Waals surface area (Å²) < 4.78 is 4.89. The highest BCUT2D eigenvalue weighted by atomic mass is 35.5. The molecule has 0 atom stereocenters. The van der Waals surface area contributed by atoms with E-state index in [1.165, 1.54) is 6.26 Å². The van der Waals surface area contributed by atoms with Gasteiger partial charge in [0, 0.05) is 6.04 Å².